The van der Waals surface area contributed by atoms with Gasteiger partial charge in [-0.3, -0.25) is 9.59 Å². The van der Waals surface area contributed by atoms with Gasteiger partial charge in [-0.05, 0) is 56.1 Å². The number of carbonyl (C=O) groups is 2. The number of ketones is 2. The van der Waals surface area contributed by atoms with Gasteiger partial charge in [0.15, 0.2) is 17.2 Å². The van der Waals surface area contributed by atoms with E-state index < -0.39 is 47.0 Å². The molecule has 0 aromatic carbocycles. The third-order valence-corrected chi connectivity index (χ3v) is 9.43. The van der Waals surface area contributed by atoms with Crippen molar-refractivity contribution in [3.05, 3.63) is 23.8 Å². The maximum absolute atomic E-state index is 13.3. The molecule has 7 heteroatoms. The molecule has 176 valence electrons. The number of Topliss-reactive ketones (excluding diaryl/α,β-unsaturated/α-hetero) is 1. The predicted octanol–water partition coefficient (Wildman–Crippen LogP) is 2.04. The fraction of sp³-hybridized carbons (Fsp3) is 0.760. The van der Waals surface area contributed by atoms with E-state index in [1.807, 2.05) is 19.9 Å². The summed E-state index contributed by atoms with van der Waals surface area (Å²) in [5.41, 5.74) is -1.62. The quantitative estimate of drug-likeness (QED) is 0.606. The van der Waals surface area contributed by atoms with Crippen LogP contribution in [0.1, 0.15) is 59.3 Å². The summed E-state index contributed by atoms with van der Waals surface area (Å²) in [6.07, 6.45) is 7.11. The SMILES string of the molecule is CCCC1(O)O[C@@H]2C[C@H]3[C@@H]4CCC5=CC(=O)C=C[C@]5(C)[C@H]4[C@@H](O)C[C@]3(C)[C@]2(C(=O)CO)O1. The number of fused-ring (bicyclic) bond motifs is 7. The molecule has 4 aliphatic carbocycles. The Hall–Kier alpha value is -1.38. The monoisotopic (exact) mass is 446 g/mol. The lowest BCUT2D eigenvalue weighted by molar-refractivity contribution is -0.342. The molecule has 32 heavy (non-hydrogen) atoms. The Labute approximate surface area is 188 Å². The second kappa shape index (κ2) is 7.06. The fourth-order valence-electron chi connectivity index (χ4n) is 8.21. The molecule has 9 atom stereocenters. The van der Waals surface area contributed by atoms with Gasteiger partial charge in [-0.1, -0.05) is 32.4 Å². The van der Waals surface area contributed by atoms with Crippen LogP contribution in [-0.2, 0) is 19.1 Å². The van der Waals surface area contributed by atoms with E-state index in [0.717, 1.165) is 18.4 Å². The van der Waals surface area contributed by atoms with Crippen LogP contribution in [0.25, 0.3) is 0 Å². The van der Waals surface area contributed by atoms with Crippen LogP contribution in [-0.4, -0.2) is 57.3 Å². The minimum Gasteiger partial charge on any atom is -0.393 e. The minimum atomic E-state index is -1.86. The van der Waals surface area contributed by atoms with E-state index in [0.29, 0.717) is 19.3 Å². The van der Waals surface area contributed by atoms with Crippen LogP contribution in [0, 0.1) is 28.6 Å². The van der Waals surface area contributed by atoms with Crippen molar-refractivity contribution in [3.8, 4) is 0 Å². The van der Waals surface area contributed by atoms with Gasteiger partial charge in [0, 0.05) is 23.2 Å². The van der Waals surface area contributed by atoms with Crippen LogP contribution in [0.15, 0.2) is 23.8 Å². The van der Waals surface area contributed by atoms with E-state index in [1.165, 1.54) is 0 Å². The smallest absolute Gasteiger partial charge is 0.281 e. The summed E-state index contributed by atoms with van der Waals surface area (Å²) in [4.78, 5) is 25.2. The average Bonchev–Trinajstić information content (AvgIpc) is 3.15. The number of ether oxygens (including phenoxy) is 2. The first-order chi connectivity index (χ1) is 15.0. The molecule has 0 aromatic rings. The second-order valence-electron chi connectivity index (χ2n) is 10.9. The van der Waals surface area contributed by atoms with Crippen molar-refractivity contribution in [3.63, 3.8) is 0 Å². The average molecular weight is 447 g/mol. The molecule has 0 aromatic heterocycles. The van der Waals surface area contributed by atoms with Crippen molar-refractivity contribution in [2.24, 2.45) is 28.6 Å². The van der Waals surface area contributed by atoms with Gasteiger partial charge in [-0.2, -0.15) is 0 Å². The Morgan fingerprint density at radius 2 is 2.06 bits per heavy atom. The molecule has 5 aliphatic rings. The summed E-state index contributed by atoms with van der Waals surface area (Å²) >= 11 is 0. The molecule has 7 nitrogen and oxygen atoms in total. The first kappa shape index (κ1) is 22.4. The molecule has 0 radical (unpaired) electrons. The molecular formula is C25H34O7. The zero-order valence-corrected chi connectivity index (χ0v) is 19.0. The summed E-state index contributed by atoms with van der Waals surface area (Å²) in [6.45, 7) is 5.25. The molecule has 3 N–H and O–H groups in total. The minimum absolute atomic E-state index is 0.00836. The van der Waals surface area contributed by atoms with E-state index in [-0.39, 0.29) is 30.0 Å². The van der Waals surface area contributed by atoms with Gasteiger partial charge in [-0.15, -0.1) is 0 Å². The van der Waals surface area contributed by atoms with Gasteiger partial charge in [0.2, 0.25) is 0 Å². The van der Waals surface area contributed by atoms with Crippen LogP contribution < -0.4 is 0 Å². The van der Waals surface area contributed by atoms with Gasteiger partial charge in [0.25, 0.3) is 5.97 Å². The number of aliphatic hydroxyl groups is 3. The summed E-state index contributed by atoms with van der Waals surface area (Å²) in [5.74, 6) is -2.32. The van der Waals surface area contributed by atoms with Gasteiger partial charge in [0.1, 0.15) is 12.7 Å². The second-order valence-corrected chi connectivity index (χ2v) is 10.9. The summed E-state index contributed by atoms with van der Waals surface area (Å²) < 4.78 is 12.1. The largest absolute Gasteiger partial charge is 0.393 e. The van der Waals surface area contributed by atoms with Gasteiger partial charge in [-0.25, -0.2) is 0 Å². The number of hydrogen-bond acceptors (Lipinski definition) is 7. The molecule has 1 aliphatic heterocycles. The van der Waals surface area contributed by atoms with Crippen LogP contribution in [0.5, 0.6) is 0 Å². The number of allylic oxidation sites excluding steroid dienone is 4. The van der Waals surface area contributed by atoms with Crippen molar-refractivity contribution in [1.29, 1.82) is 0 Å². The van der Waals surface area contributed by atoms with E-state index in [9.17, 15) is 24.9 Å². The molecule has 1 saturated heterocycles. The summed E-state index contributed by atoms with van der Waals surface area (Å²) in [7, 11) is 0. The molecule has 1 unspecified atom stereocenters. The number of carbonyl (C=O) groups excluding carboxylic acids is 2. The third kappa shape index (κ3) is 2.66. The highest BCUT2D eigenvalue weighted by molar-refractivity contribution is 6.01. The highest BCUT2D eigenvalue weighted by Crippen LogP contribution is 2.70. The van der Waals surface area contributed by atoms with E-state index in [2.05, 4.69) is 6.92 Å². The molecule has 3 saturated carbocycles. The Bertz CT molecular complexity index is 910. The Kier molecular flexibility index (Phi) is 4.95. The first-order valence-electron chi connectivity index (χ1n) is 11.9. The highest BCUT2D eigenvalue weighted by Gasteiger charge is 2.77. The summed E-state index contributed by atoms with van der Waals surface area (Å²) in [5, 5.41) is 32.4. The van der Waals surface area contributed by atoms with Crippen molar-refractivity contribution in [2.45, 2.75) is 83.1 Å². The first-order valence-corrected chi connectivity index (χ1v) is 11.9. The Morgan fingerprint density at radius 1 is 1.31 bits per heavy atom. The lowest BCUT2D eigenvalue weighted by Crippen LogP contribution is -2.64. The Balaban J connectivity index is 1.57. The topological polar surface area (TPSA) is 113 Å². The predicted molar refractivity (Wildman–Crippen MR) is 114 cm³/mol. The van der Waals surface area contributed by atoms with Crippen LogP contribution >= 0.6 is 0 Å². The van der Waals surface area contributed by atoms with Crippen LogP contribution in [0.2, 0.25) is 0 Å². The number of hydrogen-bond donors (Lipinski definition) is 3. The highest BCUT2D eigenvalue weighted by atomic mass is 16.9. The van der Waals surface area contributed by atoms with Crippen molar-refractivity contribution in [1.82, 2.24) is 0 Å². The lowest BCUT2D eigenvalue weighted by Gasteiger charge is -2.59. The molecule has 4 fully saturated rings. The van der Waals surface area contributed by atoms with E-state index in [1.54, 1.807) is 12.2 Å². The van der Waals surface area contributed by atoms with Crippen LogP contribution in [0.4, 0.5) is 0 Å². The molecular weight excluding hydrogens is 412 g/mol. The van der Waals surface area contributed by atoms with Crippen molar-refractivity contribution in [2.75, 3.05) is 6.61 Å². The van der Waals surface area contributed by atoms with Gasteiger partial charge >= 0.3 is 0 Å². The number of aliphatic hydroxyl groups excluding tert-OH is 2. The standard InChI is InChI=1S/C25H34O7/c1-4-8-24(30)31-20-11-17-16-6-5-14-10-15(27)7-9-22(14,2)21(16)18(28)12-23(17,3)25(20,32-24)19(29)13-26/h7,9-10,16-18,20-21,26,28,30H,4-6,8,11-13H2,1-3H3/t16-,17-,18-,20+,21+,22-,23-,24?,25+/m0/s1. The fourth-order valence-corrected chi connectivity index (χ4v) is 8.21. The van der Waals surface area contributed by atoms with E-state index in [4.69, 9.17) is 9.47 Å². The van der Waals surface area contributed by atoms with Crippen molar-refractivity contribution < 1.29 is 34.4 Å². The zero-order valence-electron chi connectivity index (χ0n) is 19.0. The molecule has 5 rings (SSSR count). The molecule has 1 heterocycles. The van der Waals surface area contributed by atoms with Crippen molar-refractivity contribution >= 4 is 11.6 Å². The van der Waals surface area contributed by atoms with E-state index >= 15 is 0 Å². The molecule has 0 spiro atoms. The maximum atomic E-state index is 13.3. The van der Waals surface area contributed by atoms with Crippen LogP contribution in [0.3, 0.4) is 0 Å². The van der Waals surface area contributed by atoms with Gasteiger partial charge in [0.05, 0.1) is 6.10 Å². The zero-order chi connectivity index (χ0) is 23.1. The maximum Gasteiger partial charge on any atom is 0.281 e. The number of rotatable bonds is 4. The molecule has 0 amide bonds. The van der Waals surface area contributed by atoms with Gasteiger partial charge < -0.3 is 24.8 Å². The summed E-state index contributed by atoms with van der Waals surface area (Å²) in [6, 6.07) is 0. The Morgan fingerprint density at radius 3 is 2.75 bits per heavy atom. The molecule has 0 bridgehead atoms. The lowest BCUT2D eigenvalue weighted by atomic mass is 9.46. The normalized spacial score (nSPS) is 51.5. The third-order valence-electron chi connectivity index (χ3n) is 9.43.